The molecule has 0 radical (unpaired) electrons. The van der Waals surface area contributed by atoms with Gasteiger partial charge in [0.25, 0.3) is 5.91 Å². The number of carbonyl (C=O) groups excluding carboxylic acids is 1. The van der Waals surface area contributed by atoms with Crippen LogP contribution in [0.1, 0.15) is 45.5 Å². The van der Waals surface area contributed by atoms with E-state index < -0.39 is 0 Å². The number of carbonyl (C=O) groups is 1. The molecule has 1 aliphatic heterocycles. The van der Waals surface area contributed by atoms with Crippen molar-refractivity contribution in [1.82, 2.24) is 5.32 Å². The van der Waals surface area contributed by atoms with Crippen LogP contribution in [-0.4, -0.2) is 12.5 Å². The number of amides is 1. The van der Waals surface area contributed by atoms with E-state index in [1.54, 1.807) is 0 Å². The molecule has 148 valence electrons. The summed E-state index contributed by atoms with van der Waals surface area (Å²) in [7, 11) is 0. The molecular weight excluding hydrogens is 370 g/mol. The largest absolute Gasteiger partial charge is 0.366 e. The first kappa shape index (κ1) is 18.4. The molecule has 2 aliphatic rings. The average molecular weight is 393 g/mol. The first-order valence-corrected chi connectivity index (χ1v) is 10.4. The highest BCUT2D eigenvalue weighted by atomic mass is 16.1. The van der Waals surface area contributed by atoms with Crippen LogP contribution >= 0.6 is 0 Å². The standard InChI is InChI=1S/C26H23N3O/c27-17-19-9-11-22(12-10-19)26(14-15-26)28-25(30)23-8-4-7-21-13-16-29(24(21)23)18-20-5-2-1-3-6-20/h1-12H,13-16,18H2,(H,28,30). The van der Waals surface area contributed by atoms with E-state index in [-0.39, 0.29) is 11.4 Å². The van der Waals surface area contributed by atoms with Gasteiger partial charge in [-0.3, -0.25) is 4.79 Å². The summed E-state index contributed by atoms with van der Waals surface area (Å²) >= 11 is 0. The number of hydrogen-bond acceptors (Lipinski definition) is 3. The average Bonchev–Trinajstić information content (AvgIpc) is 3.46. The number of nitriles is 1. The minimum Gasteiger partial charge on any atom is -0.366 e. The van der Waals surface area contributed by atoms with E-state index in [1.165, 1.54) is 11.1 Å². The van der Waals surface area contributed by atoms with Gasteiger partial charge in [0.15, 0.2) is 0 Å². The van der Waals surface area contributed by atoms with Crippen LogP contribution < -0.4 is 10.2 Å². The van der Waals surface area contributed by atoms with Gasteiger partial charge in [-0.2, -0.15) is 5.26 Å². The fourth-order valence-corrected chi connectivity index (χ4v) is 4.44. The number of benzene rings is 3. The van der Waals surface area contributed by atoms with Crippen molar-refractivity contribution in [3.8, 4) is 6.07 Å². The highest BCUT2D eigenvalue weighted by Gasteiger charge is 2.46. The minimum absolute atomic E-state index is 0.0197. The van der Waals surface area contributed by atoms with Gasteiger partial charge in [0.2, 0.25) is 0 Å². The predicted molar refractivity (Wildman–Crippen MR) is 117 cm³/mol. The van der Waals surface area contributed by atoms with Gasteiger partial charge < -0.3 is 10.2 Å². The molecule has 1 N–H and O–H groups in total. The molecule has 0 unspecified atom stereocenters. The Balaban J connectivity index is 1.40. The molecule has 0 aromatic heterocycles. The summed E-state index contributed by atoms with van der Waals surface area (Å²) in [6.07, 6.45) is 2.81. The number of fused-ring (bicyclic) bond motifs is 1. The minimum atomic E-state index is -0.309. The third kappa shape index (κ3) is 3.33. The molecule has 30 heavy (non-hydrogen) atoms. The Kier molecular flexibility index (Phi) is 4.52. The van der Waals surface area contributed by atoms with Gasteiger partial charge >= 0.3 is 0 Å². The summed E-state index contributed by atoms with van der Waals surface area (Å²) in [5.74, 6) is -0.0197. The highest BCUT2D eigenvalue weighted by Crippen LogP contribution is 2.46. The van der Waals surface area contributed by atoms with Crippen molar-refractivity contribution in [3.63, 3.8) is 0 Å². The monoisotopic (exact) mass is 393 g/mol. The lowest BCUT2D eigenvalue weighted by Crippen LogP contribution is -2.35. The first-order chi connectivity index (χ1) is 14.7. The van der Waals surface area contributed by atoms with Crippen molar-refractivity contribution < 1.29 is 4.79 Å². The van der Waals surface area contributed by atoms with Gasteiger partial charge in [0, 0.05) is 13.1 Å². The number of para-hydroxylation sites is 1. The van der Waals surface area contributed by atoms with Crippen LogP contribution in [0.2, 0.25) is 0 Å². The lowest BCUT2D eigenvalue weighted by atomic mass is 10.0. The van der Waals surface area contributed by atoms with Crippen LogP contribution in [0.15, 0.2) is 72.8 Å². The van der Waals surface area contributed by atoms with Crippen LogP contribution in [0.25, 0.3) is 0 Å². The molecular formula is C26H23N3O. The fraction of sp³-hybridized carbons (Fsp3) is 0.231. The van der Waals surface area contributed by atoms with E-state index in [1.807, 2.05) is 42.5 Å². The Morgan fingerprint density at radius 1 is 1.00 bits per heavy atom. The maximum absolute atomic E-state index is 13.4. The number of anilines is 1. The van der Waals surface area contributed by atoms with E-state index >= 15 is 0 Å². The Hall–Kier alpha value is -3.58. The van der Waals surface area contributed by atoms with E-state index in [4.69, 9.17) is 5.26 Å². The lowest BCUT2D eigenvalue weighted by molar-refractivity contribution is 0.0931. The van der Waals surface area contributed by atoms with Gasteiger partial charge in [-0.05, 0) is 54.2 Å². The zero-order chi connectivity index (χ0) is 20.6. The molecule has 4 heteroatoms. The quantitative estimate of drug-likeness (QED) is 0.692. The van der Waals surface area contributed by atoms with E-state index in [2.05, 4.69) is 46.6 Å². The van der Waals surface area contributed by atoms with Gasteiger partial charge in [0.05, 0.1) is 28.4 Å². The second-order valence-corrected chi connectivity index (χ2v) is 8.20. The zero-order valence-electron chi connectivity index (χ0n) is 16.8. The molecule has 1 aliphatic carbocycles. The van der Waals surface area contributed by atoms with E-state index in [0.29, 0.717) is 5.56 Å². The van der Waals surface area contributed by atoms with Crippen molar-refractivity contribution >= 4 is 11.6 Å². The second-order valence-electron chi connectivity index (χ2n) is 8.20. The van der Waals surface area contributed by atoms with Crippen molar-refractivity contribution in [2.45, 2.75) is 31.3 Å². The van der Waals surface area contributed by atoms with Gasteiger partial charge in [-0.1, -0.05) is 54.6 Å². The Labute approximate surface area is 176 Å². The van der Waals surface area contributed by atoms with Crippen molar-refractivity contribution in [2.24, 2.45) is 0 Å². The Morgan fingerprint density at radius 3 is 2.47 bits per heavy atom. The molecule has 1 fully saturated rings. The van der Waals surface area contributed by atoms with Crippen LogP contribution in [0.4, 0.5) is 5.69 Å². The SMILES string of the molecule is N#Cc1ccc(C2(NC(=O)c3cccc4c3N(Cc3ccccc3)CC4)CC2)cc1. The number of hydrogen-bond donors (Lipinski definition) is 1. The third-order valence-corrected chi connectivity index (χ3v) is 6.22. The Morgan fingerprint density at radius 2 is 1.77 bits per heavy atom. The molecule has 1 heterocycles. The summed E-state index contributed by atoms with van der Waals surface area (Å²) in [6.45, 7) is 1.73. The van der Waals surface area contributed by atoms with Gasteiger partial charge in [-0.15, -0.1) is 0 Å². The fourth-order valence-electron chi connectivity index (χ4n) is 4.44. The number of nitrogens with zero attached hydrogens (tertiary/aromatic N) is 2. The summed E-state index contributed by atoms with van der Waals surface area (Å²) in [6, 6.07) is 26.2. The molecule has 5 rings (SSSR count). The molecule has 0 saturated heterocycles. The van der Waals surface area contributed by atoms with Crippen LogP contribution in [0.3, 0.4) is 0 Å². The van der Waals surface area contributed by atoms with Crippen molar-refractivity contribution in [3.05, 3.63) is 101 Å². The maximum atomic E-state index is 13.4. The van der Waals surface area contributed by atoms with E-state index in [9.17, 15) is 4.79 Å². The van der Waals surface area contributed by atoms with E-state index in [0.717, 1.165) is 49.2 Å². The zero-order valence-corrected chi connectivity index (χ0v) is 16.8. The summed E-state index contributed by atoms with van der Waals surface area (Å²) in [4.78, 5) is 15.7. The molecule has 1 amide bonds. The van der Waals surface area contributed by atoms with Crippen molar-refractivity contribution in [2.75, 3.05) is 11.4 Å². The predicted octanol–water partition coefficient (Wildman–Crippen LogP) is 4.54. The molecule has 4 nitrogen and oxygen atoms in total. The first-order valence-electron chi connectivity index (χ1n) is 10.4. The van der Waals surface area contributed by atoms with Crippen LogP contribution in [0, 0.1) is 11.3 Å². The molecule has 0 atom stereocenters. The maximum Gasteiger partial charge on any atom is 0.254 e. The molecule has 3 aromatic carbocycles. The summed E-state index contributed by atoms with van der Waals surface area (Å²) in [5.41, 5.74) is 5.70. The van der Waals surface area contributed by atoms with Crippen LogP contribution in [-0.2, 0) is 18.5 Å². The van der Waals surface area contributed by atoms with Gasteiger partial charge in [-0.25, -0.2) is 0 Å². The normalized spacial score (nSPS) is 15.9. The smallest absolute Gasteiger partial charge is 0.254 e. The Bertz CT molecular complexity index is 1130. The summed E-state index contributed by atoms with van der Waals surface area (Å²) < 4.78 is 0. The lowest BCUT2D eigenvalue weighted by Gasteiger charge is -2.24. The topological polar surface area (TPSA) is 56.1 Å². The van der Waals surface area contributed by atoms with Crippen molar-refractivity contribution in [1.29, 1.82) is 5.26 Å². The molecule has 0 bridgehead atoms. The van der Waals surface area contributed by atoms with Crippen LogP contribution in [0.5, 0.6) is 0 Å². The molecule has 3 aromatic rings. The number of rotatable bonds is 5. The van der Waals surface area contributed by atoms with Gasteiger partial charge in [0.1, 0.15) is 0 Å². The number of nitrogens with one attached hydrogen (secondary N) is 1. The summed E-state index contributed by atoms with van der Waals surface area (Å²) in [5, 5.41) is 12.3. The highest BCUT2D eigenvalue weighted by molar-refractivity contribution is 6.01. The second kappa shape index (κ2) is 7.35. The molecule has 1 saturated carbocycles. The third-order valence-electron chi connectivity index (χ3n) is 6.22. The molecule has 0 spiro atoms.